The number of carbonyl (C=O) groups excluding carboxylic acids is 1. The number of rotatable bonds is 8. The second-order valence-corrected chi connectivity index (χ2v) is 11.0. The molecule has 2 aliphatic rings. The summed E-state index contributed by atoms with van der Waals surface area (Å²) in [7, 11) is 0. The molecule has 0 unspecified atom stereocenters. The molecule has 2 fully saturated rings. The molecule has 194 valence electrons. The van der Waals surface area contributed by atoms with Gasteiger partial charge in [-0.15, -0.1) is 0 Å². The van der Waals surface area contributed by atoms with E-state index in [0.29, 0.717) is 22.6 Å². The predicted molar refractivity (Wildman–Crippen MR) is 147 cm³/mol. The van der Waals surface area contributed by atoms with Gasteiger partial charge in [-0.05, 0) is 73.5 Å². The first-order chi connectivity index (χ1) is 18.0. The Morgan fingerprint density at radius 1 is 0.865 bits per heavy atom. The summed E-state index contributed by atoms with van der Waals surface area (Å²) in [5, 5.41) is 0. The van der Waals surface area contributed by atoms with E-state index >= 15 is 0 Å². The Morgan fingerprint density at radius 3 is 2.35 bits per heavy atom. The zero-order valence-electron chi connectivity index (χ0n) is 22.1. The molecule has 0 saturated carbocycles. The maximum absolute atomic E-state index is 13.3. The Morgan fingerprint density at radius 2 is 1.57 bits per heavy atom. The third kappa shape index (κ3) is 6.34. The minimum Gasteiger partial charge on any atom is -0.493 e. The third-order valence-corrected chi connectivity index (χ3v) is 7.63. The summed E-state index contributed by atoms with van der Waals surface area (Å²) < 4.78 is 12.0. The lowest BCUT2D eigenvalue weighted by Crippen LogP contribution is -2.44. The predicted octanol–water partition coefficient (Wildman–Crippen LogP) is 6.64. The highest BCUT2D eigenvalue weighted by Crippen LogP contribution is 2.41. The number of carbonyl (C=O) groups is 1. The topological polar surface area (TPSA) is 42.0 Å². The first-order valence-electron chi connectivity index (χ1n) is 13.6. The largest absolute Gasteiger partial charge is 0.493 e. The van der Waals surface area contributed by atoms with E-state index in [4.69, 9.17) is 9.47 Å². The lowest BCUT2D eigenvalue weighted by Gasteiger charge is -2.39. The molecule has 0 aromatic heterocycles. The van der Waals surface area contributed by atoms with Crippen molar-refractivity contribution < 1.29 is 14.3 Å². The van der Waals surface area contributed by atoms with Crippen molar-refractivity contribution in [2.75, 3.05) is 32.8 Å². The molecule has 3 aromatic carbocycles. The number of likely N-dealkylation sites (tertiary alicyclic amines) is 2. The van der Waals surface area contributed by atoms with E-state index in [1.165, 1.54) is 12.0 Å². The number of amides is 1. The SMILES string of the molecule is CC(C)COc1ccccc1CN1CCC2(CCN(C(=O)c3cccc(Oc4ccccc4)c3)CC2)C1. The van der Waals surface area contributed by atoms with Crippen LogP contribution in [0.2, 0.25) is 0 Å². The molecule has 5 nitrogen and oxygen atoms in total. The monoisotopic (exact) mass is 498 g/mol. The van der Waals surface area contributed by atoms with Crippen LogP contribution in [0.15, 0.2) is 78.9 Å². The molecular weight excluding hydrogens is 460 g/mol. The molecule has 5 heteroatoms. The Balaban J connectivity index is 1.16. The summed E-state index contributed by atoms with van der Waals surface area (Å²) >= 11 is 0. The number of ether oxygens (including phenoxy) is 2. The van der Waals surface area contributed by atoms with Crippen molar-refractivity contribution in [1.82, 2.24) is 9.80 Å². The zero-order chi connectivity index (χ0) is 25.7. The smallest absolute Gasteiger partial charge is 0.253 e. The molecule has 2 heterocycles. The molecular formula is C32H38N2O3. The van der Waals surface area contributed by atoms with E-state index in [9.17, 15) is 4.79 Å². The van der Waals surface area contributed by atoms with Gasteiger partial charge in [-0.1, -0.05) is 56.3 Å². The molecule has 0 bridgehead atoms. The molecule has 1 spiro atoms. The van der Waals surface area contributed by atoms with Gasteiger partial charge >= 0.3 is 0 Å². The lowest BCUT2D eigenvalue weighted by atomic mass is 9.77. The standard InChI is InChI=1S/C32H38N2O3/c1-25(2)23-36-30-14-7-6-9-27(30)22-33-18-15-32(24-33)16-19-34(20-17-32)31(35)26-10-8-13-29(21-26)37-28-11-4-3-5-12-28/h3-14,21,25H,15-20,22-24H2,1-2H3. The van der Waals surface area contributed by atoms with Gasteiger partial charge in [0.05, 0.1) is 6.61 Å². The average molecular weight is 499 g/mol. The Kier molecular flexibility index (Phi) is 7.80. The van der Waals surface area contributed by atoms with Crippen molar-refractivity contribution in [2.24, 2.45) is 11.3 Å². The molecule has 0 atom stereocenters. The number of nitrogens with zero attached hydrogens (tertiary/aromatic N) is 2. The van der Waals surface area contributed by atoms with Crippen LogP contribution in [0.4, 0.5) is 0 Å². The Labute approximate surface area is 221 Å². The fraction of sp³-hybridized carbons (Fsp3) is 0.406. The molecule has 2 saturated heterocycles. The molecule has 1 amide bonds. The first-order valence-corrected chi connectivity index (χ1v) is 13.6. The Bertz CT molecular complexity index is 1190. The second-order valence-electron chi connectivity index (χ2n) is 11.0. The second kappa shape index (κ2) is 11.4. The van der Waals surface area contributed by atoms with E-state index in [1.54, 1.807) is 0 Å². The van der Waals surface area contributed by atoms with Crippen LogP contribution in [-0.4, -0.2) is 48.5 Å². The summed E-state index contributed by atoms with van der Waals surface area (Å²) in [4.78, 5) is 17.9. The highest BCUT2D eigenvalue weighted by molar-refractivity contribution is 5.94. The summed E-state index contributed by atoms with van der Waals surface area (Å²) in [6, 6.07) is 25.7. The maximum Gasteiger partial charge on any atom is 0.253 e. The fourth-order valence-electron chi connectivity index (χ4n) is 5.53. The number of para-hydroxylation sites is 2. The summed E-state index contributed by atoms with van der Waals surface area (Å²) in [5.74, 6) is 3.08. The van der Waals surface area contributed by atoms with Gasteiger partial charge in [0.15, 0.2) is 0 Å². The summed E-state index contributed by atoms with van der Waals surface area (Å²) in [6.07, 6.45) is 3.31. The van der Waals surface area contributed by atoms with Crippen LogP contribution in [0.5, 0.6) is 17.2 Å². The van der Waals surface area contributed by atoms with Crippen molar-refractivity contribution in [3.8, 4) is 17.2 Å². The van der Waals surface area contributed by atoms with Crippen LogP contribution in [0, 0.1) is 11.3 Å². The van der Waals surface area contributed by atoms with E-state index in [-0.39, 0.29) is 5.91 Å². The molecule has 5 rings (SSSR count). The van der Waals surface area contributed by atoms with Crippen LogP contribution >= 0.6 is 0 Å². The van der Waals surface area contributed by atoms with Crippen molar-refractivity contribution in [2.45, 2.75) is 39.7 Å². The van der Waals surface area contributed by atoms with Crippen molar-refractivity contribution in [1.29, 1.82) is 0 Å². The number of hydrogen-bond acceptors (Lipinski definition) is 4. The molecule has 0 N–H and O–H groups in total. The van der Waals surface area contributed by atoms with Crippen molar-refractivity contribution >= 4 is 5.91 Å². The van der Waals surface area contributed by atoms with Gasteiger partial charge in [-0.2, -0.15) is 0 Å². The number of hydrogen-bond donors (Lipinski definition) is 0. The van der Waals surface area contributed by atoms with Crippen LogP contribution in [-0.2, 0) is 6.54 Å². The van der Waals surface area contributed by atoms with Crippen LogP contribution in [0.3, 0.4) is 0 Å². The van der Waals surface area contributed by atoms with E-state index in [2.05, 4.69) is 43.0 Å². The van der Waals surface area contributed by atoms with Crippen LogP contribution in [0.25, 0.3) is 0 Å². The van der Waals surface area contributed by atoms with E-state index < -0.39 is 0 Å². The quantitative estimate of drug-likeness (QED) is 0.349. The maximum atomic E-state index is 13.3. The van der Waals surface area contributed by atoms with Crippen molar-refractivity contribution in [3.05, 3.63) is 90.0 Å². The van der Waals surface area contributed by atoms with Gasteiger partial charge in [0.1, 0.15) is 17.2 Å². The first kappa shape index (κ1) is 25.3. The molecule has 0 radical (unpaired) electrons. The van der Waals surface area contributed by atoms with Gasteiger partial charge < -0.3 is 14.4 Å². The van der Waals surface area contributed by atoms with Gasteiger partial charge in [0.25, 0.3) is 5.91 Å². The molecule has 3 aromatic rings. The zero-order valence-corrected chi connectivity index (χ0v) is 22.1. The summed E-state index contributed by atoms with van der Waals surface area (Å²) in [5.41, 5.74) is 2.27. The molecule has 37 heavy (non-hydrogen) atoms. The minimum absolute atomic E-state index is 0.0967. The Hall–Kier alpha value is -3.31. The van der Waals surface area contributed by atoms with Gasteiger partial charge in [-0.3, -0.25) is 9.69 Å². The van der Waals surface area contributed by atoms with Crippen LogP contribution < -0.4 is 9.47 Å². The van der Waals surface area contributed by atoms with Crippen molar-refractivity contribution in [3.63, 3.8) is 0 Å². The average Bonchev–Trinajstić information content (AvgIpc) is 3.30. The van der Waals surface area contributed by atoms with Gasteiger partial charge in [0.2, 0.25) is 0 Å². The number of piperidine rings is 1. The fourth-order valence-corrected chi connectivity index (χ4v) is 5.53. The number of benzene rings is 3. The van der Waals surface area contributed by atoms with E-state index in [1.807, 2.05) is 59.5 Å². The highest BCUT2D eigenvalue weighted by atomic mass is 16.5. The lowest BCUT2D eigenvalue weighted by molar-refractivity contribution is 0.0587. The normalized spacial score (nSPS) is 17.3. The van der Waals surface area contributed by atoms with Gasteiger partial charge in [0, 0.05) is 37.3 Å². The van der Waals surface area contributed by atoms with E-state index in [0.717, 1.165) is 63.7 Å². The minimum atomic E-state index is 0.0967. The third-order valence-electron chi connectivity index (χ3n) is 7.63. The molecule has 0 aliphatic carbocycles. The van der Waals surface area contributed by atoms with Crippen LogP contribution in [0.1, 0.15) is 49.0 Å². The molecule has 2 aliphatic heterocycles. The summed E-state index contributed by atoms with van der Waals surface area (Å²) in [6.45, 7) is 9.84. The highest BCUT2D eigenvalue weighted by Gasteiger charge is 2.41. The van der Waals surface area contributed by atoms with Gasteiger partial charge in [-0.25, -0.2) is 0 Å².